The van der Waals surface area contributed by atoms with Crippen LogP contribution in [0.3, 0.4) is 0 Å². The lowest BCUT2D eigenvalue weighted by Gasteiger charge is -2.41. The van der Waals surface area contributed by atoms with Gasteiger partial charge in [-0.3, -0.25) is 9.36 Å². The summed E-state index contributed by atoms with van der Waals surface area (Å²) in [6.07, 6.45) is 8.27. The van der Waals surface area contributed by atoms with Crippen LogP contribution in [0.15, 0.2) is 42.1 Å². The average Bonchev–Trinajstić information content (AvgIpc) is 3.19. The van der Waals surface area contributed by atoms with Crippen molar-refractivity contribution >= 4 is 17.7 Å². The quantitative estimate of drug-likeness (QED) is 0.489. The second-order valence-corrected chi connectivity index (χ2v) is 9.07. The Morgan fingerprint density at radius 3 is 2.83 bits per heavy atom. The highest BCUT2D eigenvalue weighted by molar-refractivity contribution is 7.99. The number of carbonyl (C=O) groups excluding carboxylic acids is 1. The van der Waals surface area contributed by atoms with E-state index in [0.29, 0.717) is 18.2 Å². The van der Waals surface area contributed by atoms with E-state index in [2.05, 4.69) is 21.7 Å². The van der Waals surface area contributed by atoms with Gasteiger partial charge in [0.05, 0.1) is 18.4 Å². The Morgan fingerprint density at radius 2 is 2.03 bits per heavy atom. The number of benzene rings is 1. The summed E-state index contributed by atoms with van der Waals surface area (Å²) in [5.74, 6) is 3.59. The summed E-state index contributed by atoms with van der Waals surface area (Å²) in [4.78, 5) is 15.0. The Bertz CT molecular complexity index is 897. The van der Waals surface area contributed by atoms with E-state index in [4.69, 9.17) is 4.74 Å². The first-order chi connectivity index (χ1) is 14.7. The van der Waals surface area contributed by atoms with E-state index in [-0.39, 0.29) is 5.91 Å². The maximum absolute atomic E-state index is 12.9. The van der Waals surface area contributed by atoms with Crippen molar-refractivity contribution in [1.29, 1.82) is 0 Å². The van der Waals surface area contributed by atoms with Crippen LogP contribution in [-0.2, 0) is 11.3 Å². The van der Waals surface area contributed by atoms with Gasteiger partial charge in [0.2, 0.25) is 5.91 Å². The SMILES string of the molecule is C=CCn1c(SCC(=O)N2CC[C@@H]3CCCC[C@@H]3C2)nnc1-c1ccccc1OC. The molecule has 1 amide bonds. The normalized spacial score (nSPS) is 21.2. The van der Waals surface area contributed by atoms with Gasteiger partial charge in [-0.25, -0.2) is 0 Å². The standard InChI is InChI=1S/C23H30N4O2S/c1-3-13-27-22(19-10-6-7-11-20(19)29-2)24-25-23(27)30-16-21(28)26-14-12-17-8-4-5-9-18(17)15-26/h3,6-7,10-11,17-18H,1,4-5,8-9,12-16H2,2H3/t17-,18+/m0/s1. The molecule has 2 fully saturated rings. The largest absolute Gasteiger partial charge is 0.496 e. The number of fused-ring (bicyclic) bond motifs is 1. The number of methoxy groups -OCH3 is 1. The molecular formula is C23H30N4O2S. The zero-order valence-electron chi connectivity index (χ0n) is 17.6. The fraction of sp³-hybridized carbons (Fsp3) is 0.522. The van der Waals surface area contributed by atoms with Gasteiger partial charge in [0.25, 0.3) is 0 Å². The third kappa shape index (κ3) is 4.41. The van der Waals surface area contributed by atoms with E-state index in [1.54, 1.807) is 7.11 Å². The second-order valence-electron chi connectivity index (χ2n) is 8.13. The molecule has 0 bridgehead atoms. The molecule has 6 nitrogen and oxygen atoms in total. The topological polar surface area (TPSA) is 60.2 Å². The Morgan fingerprint density at radius 1 is 1.23 bits per heavy atom. The van der Waals surface area contributed by atoms with Crippen molar-refractivity contribution in [3.63, 3.8) is 0 Å². The predicted octanol–water partition coefficient (Wildman–Crippen LogP) is 4.27. The second kappa shape index (κ2) is 9.69. The number of ether oxygens (including phenoxy) is 1. The summed E-state index contributed by atoms with van der Waals surface area (Å²) in [7, 11) is 1.65. The number of aromatic nitrogens is 3. The number of carbonyl (C=O) groups is 1. The van der Waals surface area contributed by atoms with E-state index < -0.39 is 0 Å². The van der Waals surface area contributed by atoms with E-state index in [1.807, 2.05) is 34.9 Å². The summed E-state index contributed by atoms with van der Waals surface area (Å²) < 4.78 is 7.48. The Kier molecular flexibility index (Phi) is 6.77. The van der Waals surface area contributed by atoms with Gasteiger partial charge in [-0.05, 0) is 36.8 Å². The number of allylic oxidation sites excluding steroid dienone is 1. The molecule has 1 aliphatic heterocycles. The molecule has 1 aliphatic carbocycles. The molecule has 2 heterocycles. The zero-order valence-corrected chi connectivity index (χ0v) is 18.4. The summed E-state index contributed by atoms with van der Waals surface area (Å²) >= 11 is 1.46. The van der Waals surface area contributed by atoms with Crippen molar-refractivity contribution in [2.75, 3.05) is 26.0 Å². The highest BCUT2D eigenvalue weighted by atomic mass is 32.2. The number of para-hydroxylation sites is 1. The molecule has 0 radical (unpaired) electrons. The van der Waals surface area contributed by atoms with Gasteiger partial charge in [0, 0.05) is 19.6 Å². The molecule has 30 heavy (non-hydrogen) atoms. The minimum atomic E-state index is 0.205. The van der Waals surface area contributed by atoms with Crippen LogP contribution in [0.2, 0.25) is 0 Å². The highest BCUT2D eigenvalue weighted by Crippen LogP contribution is 2.36. The molecule has 1 saturated carbocycles. The fourth-order valence-electron chi connectivity index (χ4n) is 4.76. The maximum Gasteiger partial charge on any atom is 0.233 e. The minimum absolute atomic E-state index is 0.205. The van der Waals surface area contributed by atoms with Gasteiger partial charge in [0.1, 0.15) is 5.75 Å². The van der Waals surface area contributed by atoms with Crippen LogP contribution in [0.5, 0.6) is 5.75 Å². The third-order valence-electron chi connectivity index (χ3n) is 6.35. The summed E-state index contributed by atoms with van der Waals surface area (Å²) in [6.45, 7) is 6.26. The predicted molar refractivity (Wildman–Crippen MR) is 120 cm³/mol. The van der Waals surface area contributed by atoms with E-state index >= 15 is 0 Å². The van der Waals surface area contributed by atoms with Crippen LogP contribution < -0.4 is 4.74 Å². The lowest BCUT2D eigenvalue weighted by molar-refractivity contribution is -0.131. The Balaban J connectivity index is 1.45. The number of thioether (sulfide) groups is 1. The van der Waals surface area contributed by atoms with Crippen molar-refractivity contribution in [2.24, 2.45) is 11.8 Å². The van der Waals surface area contributed by atoms with Crippen molar-refractivity contribution in [2.45, 2.75) is 43.8 Å². The fourth-order valence-corrected chi connectivity index (χ4v) is 5.61. The van der Waals surface area contributed by atoms with Gasteiger partial charge in [-0.2, -0.15) is 0 Å². The Hall–Kier alpha value is -2.28. The van der Waals surface area contributed by atoms with E-state index in [9.17, 15) is 4.79 Å². The van der Waals surface area contributed by atoms with Crippen LogP contribution >= 0.6 is 11.8 Å². The van der Waals surface area contributed by atoms with Crippen molar-refractivity contribution in [3.05, 3.63) is 36.9 Å². The molecule has 2 atom stereocenters. The molecule has 1 aromatic heterocycles. The number of hydrogen-bond donors (Lipinski definition) is 0. The summed E-state index contributed by atoms with van der Waals surface area (Å²) in [5, 5.41) is 9.50. The van der Waals surface area contributed by atoms with Crippen molar-refractivity contribution < 1.29 is 9.53 Å². The number of hydrogen-bond acceptors (Lipinski definition) is 5. The Labute approximate surface area is 182 Å². The van der Waals surface area contributed by atoms with Crippen molar-refractivity contribution in [1.82, 2.24) is 19.7 Å². The monoisotopic (exact) mass is 426 g/mol. The van der Waals surface area contributed by atoms with E-state index in [1.165, 1.54) is 37.4 Å². The number of nitrogens with zero attached hydrogens (tertiary/aromatic N) is 4. The number of piperidine rings is 1. The lowest BCUT2D eigenvalue weighted by atomic mass is 9.75. The molecule has 160 valence electrons. The highest BCUT2D eigenvalue weighted by Gasteiger charge is 2.33. The van der Waals surface area contributed by atoms with Gasteiger partial charge in [0.15, 0.2) is 11.0 Å². The number of likely N-dealkylation sites (tertiary alicyclic amines) is 1. The number of rotatable bonds is 7. The van der Waals surface area contributed by atoms with Crippen LogP contribution in [0.4, 0.5) is 0 Å². The van der Waals surface area contributed by atoms with Gasteiger partial charge in [-0.1, -0.05) is 49.2 Å². The molecular weight excluding hydrogens is 396 g/mol. The van der Waals surface area contributed by atoms with Crippen LogP contribution in [0.1, 0.15) is 32.1 Å². The van der Waals surface area contributed by atoms with Crippen LogP contribution in [0, 0.1) is 11.8 Å². The summed E-state index contributed by atoms with van der Waals surface area (Å²) in [5.41, 5.74) is 0.881. The van der Waals surface area contributed by atoms with E-state index in [0.717, 1.165) is 47.7 Å². The zero-order chi connectivity index (χ0) is 20.9. The molecule has 0 spiro atoms. The van der Waals surface area contributed by atoms with Crippen LogP contribution in [-0.4, -0.2) is 51.5 Å². The van der Waals surface area contributed by atoms with Gasteiger partial charge < -0.3 is 9.64 Å². The first-order valence-corrected chi connectivity index (χ1v) is 11.8. The molecule has 7 heteroatoms. The van der Waals surface area contributed by atoms with Gasteiger partial charge >= 0.3 is 0 Å². The number of amides is 1. The molecule has 1 saturated heterocycles. The summed E-state index contributed by atoms with van der Waals surface area (Å²) in [6, 6.07) is 7.76. The maximum atomic E-state index is 12.9. The third-order valence-corrected chi connectivity index (χ3v) is 7.30. The van der Waals surface area contributed by atoms with Crippen molar-refractivity contribution in [3.8, 4) is 17.1 Å². The smallest absolute Gasteiger partial charge is 0.233 e. The van der Waals surface area contributed by atoms with Crippen LogP contribution in [0.25, 0.3) is 11.4 Å². The lowest BCUT2D eigenvalue weighted by Crippen LogP contribution is -2.45. The molecule has 0 N–H and O–H groups in total. The molecule has 2 aliphatic rings. The molecule has 2 aromatic rings. The minimum Gasteiger partial charge on any atom is -0.496 e. The molecule has 1 aromatic carbocycles. The first-order valence-electron chi connectivity index (χ1n) is 10.8. The first kappa shape index (κ1) is 21.0. The van der Waals surface area contributed by atoms with Gasteiger partial charge in [-0.15, -0.1) is 16.8 Å². The molecule has 0 unspecified atom stereocenters. The molecule has 4 rings (SSSR count). The average molecular weight is 427 g/mol.